The molecule has 0 amide bonds. The van der Waals surface area contributed by atoms with Gasteiger partial charge in [-0.05, 0) is 131 Å². The van der Waals surface area contributed by atoms with Crippen molar-refractivity contribution < 1.29 is 0 Å². The van der Waals surface area contributed by atoms with Crippen molar-refractivity contribution in [3.8, 4) is 5.69 Å². The lowest BCUT2D eigenvalue weighted by molar-refractivity contribution is 0.195. The Morgan fingerprint density at radius 1 is 0.566 bits per heavy atom. The van der Waals surface area contributed by atoms with Gasteiger partial charge in [-0.15, -0.1) is 0 Å². The third-order valence-corrected chi connectivity index (χ3v) is 13.9. The first-order valence-corrected chi connectivity index (χ1v) is 19.7. The lowest BCUT2D eigenvalue weighted by Crippen LogP contribution is -2.64. The SMILES string of the molecule is Cc1ccc(N(c2ccc(C)cc2)c2cc3c4c(c2)-n2c5ccc(C)cc5c5cc(C)cc(c52)B4c2cc(C)cc4c2N3C2(C)CCCCC42C)cc1. The van der Waals surface area contributed by atoms with E-state index in [1.54, 1.807) is 5.56 Å². The summed E-state index contributed by atoms with van der Waals surface area (Å²) in [6.45, 7) is 16.5. The lowest BCUT2D eigenvalue weighted by Gasteiger charge is -2.52. The Kier molecular flexibility index (Phi) is 6.19. The molecular formula is C49H46BN3. The van der Waals surface area contributed by atoms with E-state index in [2.05, 4.69) is 166 Å². The lowest BCUT2D eigenvalue weighted by atomic mass is 9.33. The molecule has 6 aromatic carbocycles. The van der Waals surface area contributed by atoms with Crippen LogP contribution < -0.4 is 26.2 Å². The standard InChI is InChI=1S/C49H46BN3/c1-29-10-15-34(16-11-29)51(35-17-12-30(2)13-18-35)36-27-43-45-44(28-36)53-47-39(48(6)20-8-9-21-49(48,53)7)24-33(5)26-41(47)50(45)40-25-32(4)23-38-37-22-31(3)14-19-42(37)52(43)46(38)40/h10-19,22-28H,8-9,20-21H2,1-7H3. The van der Waals surface area contributed by atoms with Crippen LogP contribution in [0.1, 0.15) is 72.9 Å². The van der Waals surface area contributed by atoms with Crippen molar-refractivity contribution in [3.05, 3.63) is 137 Å². The summed E-state index contributed by atoms with van der Waals surface area (Å²) in [4.78, 5) is 5.36. The minimum Gasteiger partial charge on any atom is -0.335 e. The minimum atomic E-state index is -0.0376. The fourth-order valence-electron chi connectivity index (χ4n) is 11.2. The summed E-state index contributed by atoms with van der Waals surface area (Å²) in [5, 5.41) is 2.71. The smallest absolute Gasteiger partial charge is 0.252 e. The van der Waals surface area contributed by atoms with Gasteiger partial charge in [0.05, 0.1) is 16.7 Å². The average Bonchev–Trinajstić information content (AvgIpc) is 3.56. The van der Waals surface area contributed by atoms with Gasteiger partial charge in [-0.2, -0.15) is 0 Å². The van der Waals surface area contributed by atoms with Crippen LogP contribution in [-0.4, -0.2) is 16.8 Å². The molecule has 260 valence electrons. The van der Waals surface area contributed by atoms with E-state index in [-0.39, 0.29) is 17.7 Å². The fraction of sp³-hybridized carbons (Fsp3) is 0.265. The molecule has 11 rings (SSSR count). The summed E-state index contributed by atoms with van der Waals surface area (Å²) in [7, 11) is 0. The van der Waals surface area contributed by atoms with Crippen LogP contribution in [0.3, 0.4) is 0 Å². The van der Waals surface area contributed by atoms with Crippen LogP contribution in [0.5, 0.6) is 0 Å². The molecule has 0 radical (unpaired) electrons. The molecule has 4 aliphatic rings. The Morgan fingerprint density at radius 2 is 1.17 bits per heavy atom. The van der Waals surface area contributed by atoms with Crippen LogP contribution in [0.25, 0.3) is 27.5 Å². The molecule has 4 heterocycles. The Balaban J connectivity index is 1.32. The van der Waals surface area contributed by atoms with E-state index in [4.69, 9.17) is 0 Å². The maximum absolute atomic E-state index is 2.87. The highest BCUT2D eigenvalue weighted by Gasteiger charge is 2.61. The van der Waals surface area contributed by atoms with E-state index < -0.39 is 0 Å². The zero-order valence-corrected chi connectivity index (χ0v) is 32.1. The number of aromatic nitrogens is 1. The molecule has 2 atom stereocenters. The van der Waals surface area contributed by atoms with Crippen LogP contribution in [0.15, 0.2) is 103 Å². The van der Waals surface area contributed by atoms with Gasteiger partial charge in [0.1, 0.15) is 0 Å². The molecule has 0 spiro atoms. The number of fused-ring (bicyclic) bond motifs is 10. The van der Waals surface area contributed by atoms with Gasteiger partial charge < -0.3 is 14.4 Å². The normalized spacial score (nSPS) is 20.5. The van der Waals surface area contributed by atoms with Crippen molar-refractivity contribution in [2.75, 3.05) is 9.80 Å². The van der Waals surface area contributed by atoms with E-state index in [1.807, 2.05) is 0 Å². The predicted octanol–water partition coefficient (Wildman–Crippen LogP) is 10.7. The summed E-state index contributed by atoms with van der Waals surface area (Å²) in [5.74, 6) is 0. The van der Waals surface area contributed by atoms with Gasteiger partial charge in [0.2, 0.25) is 0 Å². The molecule has 2 unspecified atom stereocenters. The molecule has 3 nitrogen and oxygen atoms in total. The zero-order valence-electron chi connectivity index (χ0n) is 32.1. The third kappa shape index (κ3) is 3.97. The van der Waals surface area contributed by atoms with Gasteiger partial charge in [0.25, 0.3) is 6.71 Å². The molecule has 0 saturated heterocycles. The molecular weight excluding hydrogens is 641 g/mol. The number of benzene rings is 6. The van der Waals surface area contributed by atoms with Gasteiger partial charge in [0, 0.05) is 50.1 Å². The number of anilines is 5. The van der Waals surface area contributed by atoms with Crippen LogP contribution in [0.2, 0.25) is 0 Å². The topological polar surface area (TPSA) is 11.4 Å². The summed E-state index contributed by atoms with van der Waals surface area (Å²) in [6, 6.07) is 40.4. The molecule has 1 saturated carbocycles. The second kappa shape index (κ2) is 10.5. The summed E-state index contributed by atoms with van der Waals surface area (Å²) < 4.78 is 2.64. The molecule has 3 aliphatic heterocycles. The van der Waals surface area contributed by atoms with E-state index >= 15 is 0 Å². The quantitative estimate of drug-likeness (QED) is 0.171. The molecule has 0 N–H and O–H groups in total. The number of rotatable bonds is 3. The van der Waals surface area contributed by atoms with Gasteiger partial charge in [0.15, 0.2) is 0 Å². The van der Waals surface area contributed by atoms with Gasteiger partial charge >= 0.3 is 0 Å². The Hall–Kier alpha value is -5.22. The fourth-order valence-corrected chi connectivity index (χ4v) is 11.2. The van der Waals surface area contributed by atoms with E-state index in [9.17, 15) is 0 Å². The summed E-state index contributed by atoms with van der Waals surface area (Å²) in [5.41, 5.74) is 22.9. The van der Waals surface area contributed by atoms with Crippen molar-refractivity contribution in [1.29, 1.82) is 0 Å². The third-order valence-electron chi connectivity index (χ3n) is 13.9. The van der Waals surface area contributed by atoms with E-state index in [1.165, 1.54) is 126 Å². The van der Waals surface area contributed by atoms with Crippen molar-refractivity contribution in [3.63, 3.8) is 0 Å². The van der Waals surface area contributed by atoms with E-state index in [0.717, 1.165) is 0 Å². The van der Waals surface area contributed by atoms with Crippen LogP contribution in [0, 0.1) is 34.6 Å². The van der Waals surface area contributed by atoms with Crippen LogP contribution >= 0.6 is 0 Å². The minimum absolute atomic E-state index is 0.0376. The second-order valence-corrected chi connectivity index (χ2v) is 17.3. The van der Waals surface area contributed by atoms with Gasteiger partial charge in [-0.25, -0.2) is 0 Å². The Labute approximate surface area is 314 Å². The van der Waals surface area contributed by atoms with Crippen molar-refractivity contribution in [2.45, 2.75) is 85.1 Å². The molecule has 7 aromatic rings. The Bertz CT molecular complexity index is 2670. The molecule has 53 heavy (non-hydrogen) atoms. The van der Waals surface area contributed by atoms with Gasteiger partial charge in [-0.3, -0.25) is 0 Å². The largest absolute Gasteiger partial charge is 0.335 e. The van der Waals surface area contributed by atoms with Crippen molar-refractivity contribution in [2.24, 2.45) is 0 Å². The van der Waals surface area contributed by atoms with Crippen molar-refractivity contribution in [1.82, 2.24) is 4.57 Å². The van der Waals surface area contributed by atoms with Crippen LogP contribution in [-0.2, 0) is 5.41 Å². The maximum Gasteiger partial charge on any atom is 0.252 e. The number of hydrogen-bond acceptors (Lipinski definition) is 2. The van der Waals surface area contributed by atoms with Crippen molar-refractivity contribution >= 4 is 73.3 Å². The van der Waals surface area contributed by atoms with Gasteiger partial charge in [-0.1, -0.05) is 96.1 Å². The molecule has 4 heteroatoms. The number of nitrogens with zero attached hydrogens (tertiary/aromatic N) is 3. The highest BCUT2D eigenvalue weighted by Crippen LogP contribution is 2.62. The predicted molar refractivity (Wildman–Crippen MR) is 227 cm³/mol. The molecule has 1 aliphatic carbocycles. The second-order valence-electron chi connectivity index (χ2n) is 17.3. The Morgan fingerprint density at radius 3 is 1.89 bits per heavy atom. The first kappa shape index (κ1) is 31.3. The number of aryl methyl sites for hydroxylation is 5. The first-order valence-electron chi connectivity index (χ1n) is 19.7. The number of hydrogen-bond donors (Lipinski definition) is 0. The highest BCUT2D eigenvalue weighted by molar-refractivity contribution is 7.00. The summed E-state index contributed by atoms with van der Waals surface area (Å²) in [6.07, 6.45) is 4.96. The highest BCUT2D eigenvalue weighted by atomic mass is 15.3. The molecule has 0 bridgehead atoms. The van der Waals surface area contributed by atoms with E-state index in [0.29, 0.717) is 0 Å². The summed E-state index contributed by atoms with van der Waals surface area (Å²) >= 11 is 0. The maximum atomic E-state index is 2.87. The molecule has 1 fully saturated rings. The zero-order chi connectivity index (χ0) is 36.1. The van der Waals surface area contributed by atoms with Crippen LogP contribution in [0.4, 0.5) is 28.4 Å². The molecule has 1 aromatic heterocycles. The monoisotopic (exact) mass is 687 g/mol. The average molecular weight is 688 g/mol. The first-order chi connectivity index (χ1) is 25.6.